The minimum Gasteiger partial charge on any atom is -0.481 e. The van der Waals surface area contributed by atoms with Gasteiger partial charge in [-0.05, 0) is 37.4 Å². The number of ether oxygens (including phenoxy) is 5. The van der Waals surface area contributed by atoms with Gasteiger partial charge in [-0.15, -0.1) is 6.58 Å². The minimum absolute atomic E-state index is 0.148. The number of carbonyl (C=O) groups is 3. The lowest BCUT2D eigenvalue weighted by molar-refractivity contribution is -0.358. The Hall–Kier alpha value is -2.05. The Labute approximate surface area is 252 Å². The second-order valence-electron chi connectivity index (χ2n) is 12.0. The summed E-state index contributed by atoms with van der Waals surface area (Å²) in [5.74, 6) is -3.05. The lowest BCUT2D eigenvalue weighted by atomic mass is 9.70. The van der Waals surface area contributed by atoms with Crippen LogP contribution in [0.3, 0.4) is 0 Å². The SMILES string of the molecule is C=C[C@H]1C/C(=C\C(=O)OC)C[C@@H](C[C@]2(OC)O[C@H](C[C@H](CC(=O)O)O[Si](CC)(CC)CC)C[C@H](OC(C)=O)C2(C)C)O1. The minimum atomic E-state index is -2.13. The number of hydrogen-bond donors (Lipinski definition) is 1. The molecular weight excluding hydrogens is 560 g/mol. The molecule has 0 aromatic heterocycles. The van der Waals surface area contributed by atoms with Crippen LogP contribution in [0.2, 0.25) is 18.1 Å². The Morgan fingerprint density at radius 3 is 2.26 bits per heavy atom. The van der Waals surface area contributed by atoms with E-state index < -0.39 is 61.8 Å². The number of carboxylic acids is 1. The van der Waals surface area contributed by atoms with Gasteiger partial charge in [0.25, 0.3) is 0 Å². The van der Waals surface area contributed by atoms with Gasteiger partial charge in [0.15, 0.2) is 14.1 Å². The highest BCUT2D eigenvalue weighted by Gasteiger charge is 2.59. The molecule has 2 heterocycles. The van der Waals surface area contributed by atoms with Crippen LogP contribution in [-0.4, -0.2) is 81.9 Å². The molecule has 1 N–H and O–H groups in total. The number of carbonyl (C=O) groups excluding carboxylic acids is 2. The van der Waals surface area contributed by atoms with Crippen molar-refractivity contribution < 1.29 is 47.6 Å². The van der Waals surface area contributed by atoms with Gasteiger partial charge in [-0.1, -0.05) is 46.3 Å². The van der Waals surface area contributed by atoms with Gasteiger partial charge in [0.05, 0.1) is 43.4 Å². The fourth-order valence-corrected chi connectivity index (χ4v) is 9.27. The third-order valence-corrected chi connectivity index (χ3v) is 13.8. The Morgan fingerprint density at radius 2 is 1.76 bits per heavy atom. The maximum absolute atomic E-state index is 12.2. The molecule has 0 unspecified atom stereocenters. The molecule has 6 atom stereocenters. The number of rotatable bonds is 15. The van der Waals surface area contributed by atoms with Crippen LogP contribution in [0.15, 0.2) is 24.3 Å². The summed E-state index contributed by atoms with van der Waals surface area (Å²) in [4.78, 5) is 36.1. The van der Waals surface area contributed by atoms with Crippen molar-refractivity contribution in [3.8, 4) is 0 Å². The zero-order chi connectivity index (χ0) is 31.7. The number of aliphatic carboxylic acids is 1. The Kier molecular flexibility index (Phi) is 13.4. The smallest absolute Gasteiger partial charge is 0.330 e. The van der Waals surface area contributed by atoms with Gasteiger partial charge in [-0.3, -0.25) is 9.59 Å². The van der Waals surface area contributed by atoms with E-state index in [-0.39, 0.29) is 18.9 Å². The van der Waals surface area contributed by atoms with Crippen molar-refractivity contribution in [1.82, 2.24) is 0 Å². The van der Waals surface area contributed by atoms with Gasteiger partial charge in [-0.2, -0.15) is 0 Å². The summed E-state index contributed by atoms with van der Waals surface area (Å²) in [5.41, 5.74) is 0.0595. The maximum atomic E-state index is 12.2. The zero-order valence-electron chi connectivity index (χ0n) is 26.7. The molecule has 0 amide bonds. The fourth-order valence-electron chi connectivity index (χ4n) is 6.39. The zero-order valence-corrected chi connectivity index (χ0v) is 27.7. The van der Waals surface area contributed by atoms with E-state index in [4.69, 9.17) is 28.1 Å². The molecule has 2 saturated heterocycles. The first-order chi connectivity index (χ1) is 19.7. The number of carboxylic acid groups (broad SMARTS) is 1. The van der Waals surface area contributed by atoms with E-state index in [1.165, 1.54) is 20.1 Å². The molecule has 0 spiro atoms. The first-order valence-corrected chi connectivity index (χ1v) is 17.6. The van der Waals surface area contributed by atoms with Gasteiger partial charge >= 0.3 is 17.9 Å². The molecule has 10 nitrogen and oxygen atoms in total. The summed E-state index contributed by atoms with van der Waals surface area (Å²) in [5, 5.41) is 9.74. The molecule has 2 aliphatic rings. The maximum Gasteiger partial charge on any atom is 0.330 e. The van der Waals surface area contributed by atoms with Gasteiger partial charge in [0.2, 0.25) is 0 Å². The molecule has 0 aromatic rings. The molecule has 11 heteroatoms. The molecule has 0 aliphatic carbocycles. The van der Waals surface area contributed by atoms with Gasteiger partial charge in [0.1, 0.15) is 6.10 Å². The molecule has 2 aliphatic heterocycles. The van der Waals surface area contributed by atoms with Crippen molar-refractivity contribution in [2.75, 3.05) is 14.2 Å². The average molecular weight is 613 g/mol. The highest BCUT2D eigenvalue weighted by molar-refractivity contribution is 6.73. The molecule has 2 fully saturated rings. The summed E-state index contributed by atoms with van der Waals surface area (Å²) in [6, 6.07) is 2.66. The van der Waals surface area contributed by atoms with Crippen LogP contribution in [0.5, 0.6) is 0 Å². The third-order valence-electron chi connectivity index (χ3n) is 9.14. The summed E-state index contributed by atoms with van der Waals surface area (Å²) in [6.45, 7) is 15.4. The number of hydrogen-bond acceptors (Lipinski definition) is 9. The molecule has 0 bridgehead atoms. The lowest BCUT2D eigenvalue weighted by Gasteiger charge is -2.55. The Bertz CT molecular complexity index is 966. The molecule has 0 radical (unpaired) electrons. The molecule has 240 valence electrons. The van der Waals surface area contributed by atoms with E-state index >= 15 is 0 Å². The summed E-state index contributed by atoms with van der Waals surface area (Å²) in [6.07, 6.45) is 2.61. The van der Waals surface area contributed by atoms with Crippen LogP contribution in [0.4, 0.5) is 0 Å². The Balaban J connectivity index is 2.47. The van der Waals surface area contributed by atoms with Crippen LogP contribution in [0.1, 0.15) is 80.1 Å². The second-order valence-corrected chi connectivity index (χ2v) is 16.8. The predicted octanol–water partition coefficient (Wildman–Crippen LogP) is 5.55. The summed E-state index contributed by atoms with van der Waals surface area (Å²) >= 11 is 0. The average Bonchev–Trinajstić information content (AvgIpc) is 2.93. The topological polar surface area (TPSA) is 127 Å². The van der Waals surface area contributed by atoms with Crippen molar-refractivity contribution in [2.45, 2.75) is 135 Å². The second kappa shape index (κ2) is 15.6. The highest BCUT2D eigenvalue weighted by Crippen LogP contribution is 2.51. The molecule has 42 heavy (non-hydrogen) atoms. The van der Waals surface area contributed by atoms with Crippen LogP contribution < -0.4 is 0 Å². The van der Waals surface area contributed by atoms with Crippen molar-refractivity contribution in [3.63, 3.8) is 0 Å². The van der Waals surface area contributed by atoms with E-state index in [2.05, 4.69) is 27.4 Å². The van der Waals surface area contributed by atoms with Crippen LogP contribution in [0.25, 0.3) is 0 Å². The monoisotopic (exact) mass is 612 g/mol. The number of esters is 2. The summed E-state index contributed by atoms with van der Waals surface area (Å²) < 4.78 is 36.7. The lowest BCUT2D eigenvalue weighted by Crippen LogP contribution is -2.63. The summed E-state index contributed by atoms with van der Waals surface area (Å²) in [7, 11) is 0.768. The van der Waals surface area contributed by atoms with Crippen LogP contribution in [0, 0.1) is 5.41 Å². The van der Waals surface area contributed by atoms with E-state index in [1.807, 2.05) is 13.8 Å². The highest BCUT2D eigenvalue weighted by atomic mass is 28.4. The number of methoxy groups -OCH3 is 2. The van der Waals surface area contributed by atoms with Crippen LogP contribution >= 0.6 is 0 Å². The largest absolute Gasteiger partial charge is 0.481 e. The predicted molar refractivity (Wildman–Crippen MR) is 160 cm³/mol. The normalized spacial score (nSPS) is 29.5. The quantitative estimate of drug-likeness (QED) is 0.109. The third kappa shape index (κ3) is 8.98. The van der Waals surface area contributed by atoms with Crippen LogP contribution in [-0.2, 0) is 42.5 Å². The molecule has 2 rings (SSSR count). The van der Waals surface area contributed by atoms with E-state index in [0.717, 1.165) is 23.7 Å². The fraction of sp³-hybridized carbons (Fsp3) is 0.774. The van der Waals surface area contributed by atoms with Gasteiger partial charge in [-0.25, -0.2) is 4.79 Å². The van der Waals surface area contributed by atoms with Crippen molar-refractivity contribution in [2.24, 2.45) is 5.41 Å². The standard InChI is InChI=1S/C31H52O10Si/c1-10-23-14-22(16-29(35)36-8)15-26(39-23)20-31(37-9)30(6,7)27(38-21(5)32)18-24(40-31)17-25(19-28(33)34)41-42(11-2,12-3)13-4/h10,16,23-27H,1,11-15,17-20H2,2-9H3,(H,33,34)/b22-16+/t23-,24+,25+,26-,27-,31-/m0/s1. The van der Waals surface area contributed by atoms with E-state index in [9.17, 15) is 19.5 Å². The van der Waals surface area contributed by atoms with Crippen molar-refractivity contribution >= 4 is 26.2 Å². The molecular formula is C31H52O10Si. The molecule has 0 aromatic carbocycles. The van der Waals surface area contributed by atoms with Crippen molar-refractivity contribution in [3.05, 3.63) is 24.3 Å². The van der Waals surface area contributed by atoms with E-state index in [1.54, 1.807) is 13.2 Å². The first-order valence-electron chi connectivity index (χ1n) is 15.1. The van der Waals surface area contributed by atoms with Crippen molar-refractivity contribution in [1.29, 1.82) is 0 Å². The first kappa shape index (κ1) is 36.1. The van der Waals surface area contributed by atoms with Gasteiger partial charge < -0.3 is 33.2 Å². The van der Waals surface area contributed by atoms with Gasteiger partial charge in [0, 0.05) is 33.0 Å². The Morgan fingerprint density at radius 1 is 1.12 bits per heavy atom. The molecule has 0 saturated carbocycles. The van der Waals surface area contributed by atoms with E-state index in [0.29, 0.717) is 25.7 Å².